The number of hydrogen-bond acceptors (Lipinski definition) is 4. The van der Waals surface area contributed by atoms with E-state index in [0.717, 1.165) is 0 Å². The first-order valence-electron chi connectivity index (χ1n) is 6.33. The van der Waals surface area contributed by atoms with E-state index in [1.807, 2.05) is 0 Å². The molecule has 8 nitrogen and oxygen atoms in total. The Morgan fingerprint density at radius 3 is 2.38 bits per heavy atom. The molecule has 128 valence electrons. The fourth-order valence-electron chi connectivity index (χ4n) is 1.24. The Morgan fingerprint density at radius 2 is 1.90 bits per heavy atom. The van der Waals surface area contributed by atoms with Gasteiger partial charge >= 0.3 is 12.0 Å². The smallest absolute Gasteiger partial charge is 0.338 e. The van der Waals surface area contributed by atoms with Crippen molar-refractivity contribution in [2.45, 2.75) is 51.7 Å². The summed E-state index contributed by atoms with van der Waals surface area (Å²) in [5.74, 6) is -1.10. The topological polar surface area (TPSA) is 117 Å². The number of hydrogen-bond donors (Lipinski definition) is 4. The van der Waals surface area contributed by atoms with Crippen LogP contribution in [-0.4, -0.2) is 41.7 Å². The van der Waals surface area contributed by atoms with Gasteiger partial charge in [-0.25, -0.2) is 10.3 Å². The van der Waals surface area contributed by atoms with Crippen LogP contribution >= 0.6 is 0 Å². The third-order valence-corrected chi connectivity index (χ3v) is 2.19. The zero-order chi connectivity index (χ0) is 15.6. The molecule has 21 heavy (non-hydrogen) atoms. The summed E-state index contributed by atoms with van der Waals surface area (Å²) in [6, 6.07) is -1.39. The first kappa shape index (κ1) is 20.5. The molecule has 0 spiro atoms. The third-order valence-electron chi connectivity index (χ3n) is 2.19. The van der Waals surface area contributed by atoms with Crippen molar-refractivity contribution < 1.29 is 24.3 Å². The summed E-state index contributed by atoms with van der Waals surface area (Å²) in [7, 11) is 0. The van der Waals surface area contributed by atoms with Gasteiger partial charge in [-0.05, 0) is 40.0 Å². The van der Waals surface area contributed by atoms with Gasteiger partial charge in [0.25, 0.3) is 0 Å². The normalized spacial score (nSPS) is 11.8. The molecule has 0 fully saturated rings. The minimum absolute atomic E-state index is 0. The predicted molar refractivity (Wildman–Crippen MR) is 71.5 cm³/mol. The number of hydroxylamine groups is 1. The average Bonchev–Trinajstić information content (AvgIpc) is 2.33. The van der Waals surface area contributed by atoms with Crippen molar-refractivity contribution in [2.75, 3.05) is 6.54 Å². The summed E-state index contributed by atoms with van der Waals surface area (Å²) < 4.78 is 0. The van der Waals surface area contributed by atoms with E-state index in [1.165, 1.54) is 6.41 Å². The molecule has 4 N–H and O–H groups in total. The van der Waals surface area contributed by atoms with Crippen LogP contribution in [0.3, 0.4) is 0 Å². The number of carboxylic acids is 1. The van der Waals surface area contributed by atoms with Crippen molar-refractivity contribution in [3.63, 3.8) is 0 Å². The van der Waals surface area contributed by atoms with Crippen LogP contribution in [0.15, 0.2) is 0 Å². The fourth-order valence-corrected chi connectivity index (χ4v) is 1.24. The molecule has 0 unspecified atom stereocenters. The molecule has 9 heteroatoms. The second kappa shape index (κ2) is 10.0. The molecule has 3 amide bonds. The number of urea groups is 1. The predicted octanol–water partition coefficient (Wildman–Crippen LogP) is 0.296. The number of rotatable bonds is 9. The Labute approximate surface area is 118 Å². The first-order chi connectivity index (χ1) is 9.26. The maximum Gasteiger partial charge on any atom is 0.338 e. The van der Waals surface area contributed by atoms with Crippen LogP contribution in [0.1, 0.15) is 40.0 Å². The zero-order valence-electron chi connectivity index (χ0n) is 12.3. The van der Waals surface area contributed by atoms with Gasteiger partial charge in [-0.1, -0.05) is 0 Å². The van der Waals surface area contributed by atoms with E-state index >= 15 is 0 Å². The van der Waals surface area contributed by atoms with Crippen LogP contribution in [0.25, 0.3) is 0 Å². The maximum absolute atomic E-state index is 11.3. The Kier molecular flexibility index (Phi) is 9.77. The second-order valence-corrected chi connectivity index (χ2v) is 5.21. The molecule has 0 aromatic heterocycles. The van der Waals surface area contributed by atoms with Crippen molar-refractivity contribution in [3.05, 3.63) is 0 Å². The molecule has 0 aromatic rings. The quantitative estimate of drug-likeness (QED) is 0.144. The molecule has 0 heterocycles. The van der Waals surface area contributed by atoms with Crippen molar-refractivity contribution >= 4 is 18.4 Å². The van der Waals surface area contributed by atoms with E-state index in [4.69, 9.17) is 9.94 Å². The summed E-state index contributed by atoms with van der Waals surface area (Å²) in [5.41, 5.74) is 1.78. The Balaban J connectivity index is 0. The standard InChI is InChI=1S/C12H22N3O5.Fm/c1-12(2,3)20-15-11(19)13-7-5-4-6-9(10(17)18)14-8-16;/h9H,4-7H2,1-3H3,(H,14,16)(H,17,18)(H2,13,15,19);/q-1;/t9-;/m0./s1. The van der Waals surface area contributed by atoms with Crippen molar-refractivity contribution in [3.8, 4) is 0 Å². The molecule has 0 aliphatic carbocycles. The first-order valence-corrected chi connectivity index (χ1v) is 6.33. The van der Waals surface area contributed by atoms with Gasteiger partial charge in [-0.3, -0.25) is 9.63 Å². The number of aliphatic carboxylic acids is 1. The number of unbranched alkanes of at least 4 members (excludes halogenated alkanes) is 1. The molecular formula is C12H22FmN3O5-. The van der Waals surface area contributed by atoms with Gasteiger partial charge in [0, 0.05) is 6.54 Å². The molecule has 0 aliphatic heterocycles. The van der Waals surface area contributed by atoms with Gasteiger partial charge < -0.3 is 20.5 Å². The van der Waals surface area contributed by atoms with Crippen molar-refractivity contribution in [1.82, 2.24) is 16.1 Å². The number of nitrogens with one attached hydrogen (secondary N) is 3. The second-order valence-electron chi connectivity index (χ2n) is 5.21. The maximum atomic E-state index is 11.3. The van der Waals surface area contributed by atoms with E-state index < -0.39 is 23.6 Å². The summed E-state index contributed by atoms with van der Waals surface area (Å²) in [6.45, 7) is 5.79. The average molecular weight is 545 g/mol. The van der Waals surface area contributed by atoms with Gasteiger partial charge in [0.1, 0.15) is 0 Å². The van der Waals surface area contributed by atoms with E-state index in [1.54, 1.807) is 20.8 Å². The largest absolute Gasteiger partial charge is 0.520 e. The van der Waals surface area contributed by atoms with Gasteiger partial charge in [0.2, 0.25) is 0 Å². The number of amides is 3. The fraction of sp³-hybridized carbons (Fsp3) is 0.750. The minimum atomic E-state index is -1.10. The minimum Gasteiger partial charge on any atom is -0.520 e. The van der Waals surface area contributed by atoms with Crippen molar-refractivity contribution in [2.24, 2.45) is 0 Å². The third kappa shape index (κ3) is 12.0. The summed E-state index contributed by atoms with van der Waals surface area (Å²) in [5, 5.41) is 13.4. The van der Waals surface area contributed by atoms with Crippen LogP contribution < -0.4 is 16.1 Å². The van der Waals surface area contributed by atoms with Gasteiger partial charge in [-0.2, -0.15) is 6.41 Å². The van der Waals surface area contributed by atoms with E-state index in [9.17, 15) is 14.4 Å². The zero-order valence-corrected chi connectivity index (χ0v) is 14.7. The van der Waals surface area contributed by atoms with Crippen LogP contribution in [-0.2, 0) is 14.4 Å². The van der Waals surface area contributed by atoms with Crippen molar-refractivity contribution in [1.29, 1.82) is 0 Å². The Morgan fingerprint density at radius 1 is 1.29 bits per heavy atom. The molecule has 0 saturated carbocycles. The molecule has 0 aromatic carbocycles. The number of carboxylic acid groups (broad SMARTS) is 1. The van der Waals surface area contributed by atoms with E-state index in [2.05, 4.69) is 16.1 Å². The van der Waals surface area contributed by atoms with Crippen LogP contribution in [0, 0.1) is 0 Å². The molecule has 0 saturated heterocycles. The van der Waals surface area contributed by atoms with Gasteiger partial charge in [-0.15, -0.1) is 0 Å². The summed E-state index contributed by atoms with van der Waals surface area (Å²) in [4.78, 5) is 37.1. The SMILES string of the molecule is CC(C)(C)ONC(=O)NCCCC[C@H](N[C-]=O)C(=O)O.[Fm]. The number of carbonyl (C=O) groups is 2. The molecule has 0 rings (SSSR count). The molecule has 1 atom stereocenters. The van der Waals surface area contributed by atoms with Crippen LogP contribution in [0.4, 0.5) is 4.79 Å². The summed E-state index contributed by atoms with van der Waals surface area (Å²) >= 11 is 0. The van der Waals surface area contributed by atoms with Crippen LogP contribution in [0.5, 0.6) is 0 Å². The van der Waals surface area contributed by atoms with E-state index in [-0.39, 0.29) is 6.42 Å². The monoisotopic (exact) mass is 545 g/mol. The Hall–Kier alpha value is -2.83. The molecule has 0 aliphatic rings. The Bertz CT molecular complexity index is 333. The molecule has 0 radical (unpaired) electrons. The van der Waals surface area contributed by atoms with Gasteiger partial charge in [0.05, 0.1) is 11.6 Å². The van der Waals surface area contributed by atoms with Gasteiger partial charge in [0.15, 0.2) is 0 Å². The van der Waals surface area contributed by atoms with Crippen LogP contribution in [0.2, 0.25) is 0 Å². The van der Waals surface area contributed by atoms with E-state index in [0.29, 0.717) is 19.4 Å². The summed E-state index contributed by atoms with van der Waals surface area (Å²) in [6.07, 6.45) is 2.78. The number of carbonyl (C=O) groups excluding carboxylic acids is 2. The molecular weight excluding hydrogens is 523 g/mol. The molecule has 0 bridgehead atoms.